The van der Waals surface area contributed by atoms with Crippen LogP contribution in [0.4, 0.5) is 0 Å². The monoisotopic (exact) mass is 230 g/mol. The first-order valence-electron chi connectivity index (χ1n) is 4.88. The first-order chi connectivity index (χ1) is 7.13. The lowest BCUT2D eigenvalue weighted by Crippen LogP contribution is -2.41. The van der Waals surface area contributed by atoms with Gasteiger partial charge in [-0.15, -0.1) is 0 Å². The maximum Gasteiger partial charge on any atom is 0.236 e. The summed E-state index contributed by atoms with van der Waals surface area (Å²) in [7, 11) is 0. The number of carbonyl (C=O) groups excluding carboxylic acids is 1. The number of rotatable bonds is 5. The molecule has 1 aromatic rings. The van der Waals surface area contributed by atoms with E-state index in [4.69, 9.17) is 16.0 Å². The average molecular weight is 231 g/mol. The van der Waals surface area contributed by atoms with Crippen molar-refractivity contribution >= 4 is 17.5 Å². The van der Waals surface area contributed by atoms with Crippen LogP contribution in [0, 0.1) is 0 Å². The molecule has 1 aromatic heterocycles. The SMILES string of the molecule is CCNC(=O)C(C)NCc1ccc(Cl)o1. The van der Waals surface area contributed by atoms with Gasteiger partial charge in [0.15, 0.2) is 5.22 Å². The van der Waals surface area contributed by atoms with Crippen molar-refractivity contribution in [3.63, 3.8) is 0 Å². The molecule has 0 bridgehead atoms. The summed E-state index contributed by atoms with van der Waals surface area (Å²) in [5.74, 6) is 0.700. The molecule has 1 atom stereocenters. The van der Waals surface area contributed by atoms with E-state index in [-0.39, 0.29) is 11.9 Å². The van der Waals surface area contributed by atoms with Gasteiger partial charge in [-0.2, -0.15) is 0 Å². The molecule has 0 fully saturated rings. The van der Waals surface area contributed by atoms with Crippen molar-refractivity contribution in [2.45, 2.75) is 26.4 Å². The molecular weight excluding hydrogens is 216 g/mol. The van der Waals surface area contributed by atoms with E-state index >= 15 is 0 Å². The van der Waals surface area contributed by atoms with Gasteiger partial charge in [-0.3, -0.25) is 10.1 Å². The van der Waals surface area contributed by atoms with Gasteiger partial charge < -0.3 is 9.73 Å². The smallest absolute Gasteiger partial charge is 0.236 e. The average Bonchev–Trinajstić information content (AvgIpc) is 2.61. The van der Waals surface area contributed by atoms with Crippen LogP contribution in [0.5, 0.6) is 0 Å². The highest BCUT2D eigenvalue weighted by Crippen LogP contribution is 2.12. The van der Waals surface area contributed by atoms with Crippen LogP contribution in [0.3, 0.4) is 0 Å². The van der Waals surface area contributed by atoms with Crippen molar-refractivity contribution in [2.75, 3.05) is 6.54 Å². The second-order valence-corrected chi connectivity index (χ2v) is 3.58. The molecule has 15 heavy (non-hydrogen) atoms. The van der Waals surface area contributed by atoms with Crippen LogP contribution in [-0.4, -0.2) is 18.5 Å². The van der Waals surface area contributed by atoms with Crippen LogP contribution >= 0.6 is 11.6 Å². The van der Waals surface area contributed by atoms with Crippen molar-refractivity contribution in [3.05, 3.63) is 23.1 Å². The van der Waals surface area contributed by atoms with Crippen molar-refractivity contribution in [1.82, 2.24) is 10.6 Å². The fraction of sp³-hybridized carbons (Fsp3) is 0.500. The van der Waals surface area contributed by atoms with E-state index in [1.807, 2.05) is 6.92 Å². The first kappa shape index (κ1) is 12.1. The van der Waals surface area contributed by atoms with E-state index in [1.54, 1.807) is 19.1 Å². The number of likely N-dealkylation sites (N-methyl/N-ethyl adjacent to an activating group) is 1. The second-order valence-electron chi connectivity index (χ2n) is 3.20. The van der Waals surface area contributed by atoms with Crippen LogP contribution in [0.1, 0.15) is 19.6 Å². The third kappa shape index (κ3) is 3.93. The van der Waals surface area contributed by atoms with Gasteiger partial charge in [0, 0.05) is 6.54 Å². The van der Waals surface area contributed by atoms with Crippen molar-refractivity contribution in [2.24, 2.45) is 0 Å². The Hall–Kier alpha value is -1.00. The predicted octanol–water partition coefficient (Wildman–Crippen LogP) is 1.55. The maximum absolute atomic E-state index is 11.3. The predicted molar refractivity (Wildman–Crippen MR) is 58.7 cm³/mol. The molecule has 1 heterocycles. The molecule has 1 amide bonds. The summed E-state index contributed by atoms with van der Waals surface area (Å²) in [6, 6.07) is 3.21. The van der Waals surface area contributed by atoms with Gasteiger partial charge in [-0.1, -0.05) is 0 Å². The minimum absolute atomic E-state index is 0.0184. The van der Waals surface area contributed by atoms with Gasteiger partial charge in [0.1, 0.15) is 5.76 Å². The molecular formula is C10H15ClN2O2. The van der Waals surface area contributed by atoms with Gasteiger partial charge in [-0.25, -0.2) is 0 Å². The van der Waals surface area contributed by atoms with Crippen LogP contribution in [0.2, 0.25) is 5.22 Å². The van der Waals surface area contributed by atoms with E-state index in [0.717, 1.165) is 5.76 Å². The topological polar surface area (TPSA) is 54.3 Å². The van der Waals surface area contributed by atoms with Crippen molar-refractivity contribution < 1.29 is 9.21 Å². The second kappa shape index (κ2) is 5.78. The molecule has 4 nitrogen and oxygen atoms in total. The number of carbonyl (C=O) groups is 1. The zero-order valence-electron chi connectivity index (χ0n) is 8.84. The fourth-order valence-corrected chi connectivity index (χ4v) is 1.28. The number of halogens is 1. The highest BCUT2D eigenvalue weighted by Gasteiger charge is 2.11. The van der Waals surface area contributed by atoms with E-state index < -0.39 is 0 Å². The van der Waals surface area contributed by atoms with E-state index in [1.165, 1.54) is 0 Å². The van der Waals surface area contributed by atoms with E-state index in [2.05, 4.69) is 10.6 Å². The summed E-state index contributed by atoms with van der Waals surface area (Å²) in [5, 5.41) is 6.12. The van der Waals surface area contributed by atoms with E-state index in [0.29, 0.717) is 18.3 Å². The largest absolute Gasteiger partial charge is 0.448 e. The lowest BCUT2D eigenvalue weighted by Gasteiger charge is -2.11. The number of hydrogen-bond donors (Lipinski definition) is 2. The molecule has 0 saturated carbocycles. The number of nitrogens with one attached hydrogen (secondary N) is 2. The van der Waals surface area contributed by atoms with Crippen molar-refractivity contribution in [1.29, 1.82) is 0 Å². The highest BCUT2D eigenvalue weighted by atomic mass is 35.5. The minimum atomic E-state index is -0.242. The van der Waals surface area contributed by atoms with Crippen LogP contribution in [0.25, 0.3) is 0 Å². The van der Waals surface area contributed by atoms with Gasteiger partial charge in [0.25, 0.3) is 0 Å². The third-order valence-electron chi connectivity index (χ3n) is 1.96. The lowest BCUT2D eigenvalue weighted by molar-refractivity contribution is -0.122. The van der Waals surface area contributed by atoms with Crippen LogP contribution < -0.4 is 10.6 Å². The van der Waals surface area contributed by atoms with Gasteiger partial charge in [0.2, 0.25) is 5.91 Å². The van der Waals surface area contributed by atoms with Crippen LogP contribution in [-0.2, 0) is 11.3 Å². The Labute approximate surface area is 94.0 Å². The standard InChI is InChI=1S/C10H15ClN2O2/c1-3-12-10(14)7(2)13-6-8-4-5-9(11)15-8/h4-5,7,13H,3,6H2,1-2H3,(H,12,14). The molecule has 0 aliphatic heterocycles. The van der Waals surface area contributed by atoms with Crippen LogP contribution in [0.15, 0.2) is 16.5 Å². The lowest BCUT2D eigenvalue weighted by atomic mass is 10.3. The maximum atomic E-state index is 11.3. The molecule has 0 aromatic carbocycles. The molecule has 1 unspecified atom stereocenters. The fourth-order valence-electron chi connectivity index (χ4n) is 1.12. The molecule has 0 saturated heterocycles. The molecule has 84 valence electrons. The molecule has 0 aliphatic rings. The summed E-state index contributed by atoms with van der Waals surface area (Å²) in [6.07, 6.45) is 0. The Morgan fingerprint density at radius 3 is 2.87 bits per heavy atom. The Bertz CT molecular complexity index is 325. The third-order valence-corrected chi connectivity index (χ3v) is 2.16. The number of furan rings is 1. The summed E-state index contributed by atoms with van der Waals surface area (Å²) in [6.45, 7) is 4.81. The zero-order chi connectivity index (χ0) is 11.3. The Morgan fingerprint density at radius 2 is 2.33 bits per heavy atom. The summed E-state index contributed by atoms with van der Waals surface area (Å²) in [4.78, 5) is 11.3. The van der Waals surface area contributed by atoms with Gasteiger partial charge in [-0.05, 0) is 37.6 Å². The highest BCUT2D eigenvalue weighted by molar-refractivity contribution is 6.28. The summed E-state index contributed by atoms with van der Waals surface area (Å²) in [5.41, 5.74) is 0. The van der Waals surface area contributed by atoms with Crippen molar-refractivity contribution in [3.8, 4) is 0 Å². The Morgan fingerprint density at radius 1 is 1.60 bits per heavy atom. The minimum Gasteiger partial charge on any atom is -0.448 e. The first-order valence-corrected chi connectivity index (χ1v) is 5.26. The summed E-state index contributed by atoms with van der Waals surface area (Å²) < 4.78 is 5.14. The van der Waals surface area contributed by atoms with Gasteiger partial charge in [0.05, 0.1) is 12.6 Å². The number of hydrogen-bond acceptors (Lipinski definition) is 3. The Balaban J connectivity index is 2.33. The molecule has 2 N–H and O–H groups in total. The normalized spacial score (nSPS) is 12.5. The molecule has 1 rings (SSSR count). The van der Waals surface area contributed by atoms with E-state index in [9.17, 15) is 4.79 Å². The zero-order valence-corrected chi connectivity index (χ0v) is 9.60. The summed E-state index contributed by atoms with van der Waals surface area (Å²) >= 11 is 5.61. The molecule has 0 aliphatic carbocycles. The molecule has 0 spiro atoms. The Kier molecular flexibility index (Phi) is 4.65. The molecule has 5 heteroatoms. The quantitative estimate of drug-likeness (QED) is 0.807. The number of amides is 1. The van der Waals surface area contributed by atoms with Gasteiger partial charge >= 0.3 is 0 Å². The molecule has 0 radical (unpaired) electrons.